The fraction of sp³-hybridized carbons (Fsp3) is 0. The number of nitrogens with zero attached hydrogens (tertiary/aromatic N) is 5. The van der Waals surface area contributed by atoms with Crippen molar-refractivity contribution in [3.05, 3.63) is 121 Å². The van der Waals surface area contributed by atoms with E-state index in [4.69, 9.17) is 0 Å². The molecule has 0 aliphatic rings. The van der Waals surface area contributed by atoms with Crippen molar-refractivity contribution in [3.63, 3.8) is 0 Å². The fourth-order valence-electron chi connectivity index (χ4n) is 3.90. The number of rotatable bonds is 7. The predicted octanol–water partition coefficient (Wildman–Crippen LogP) is 3.67. The van der Waals surface area contributed by atoms with Crippen LogP contribution in [-0.4, -0.2) is 40.6 Å². The lowest BCUT2D eigenvalue weighted by Gasteiger charge is -2.10. The lowest BCUT2D eigenvalue weighted by molar-refractivity contribution is -0.394. The molecule has 0 amide bonds. The smallest absolute Gasteiger partial charge is 0.288 e. The number of ketones is 1. The van der Waals surface area contributed by atoms with Crippen LogP contribution in [0.25, 0.3) is 28.5 Å². The van der Waals surface area contributed by atoms with Crippen molar-refractivity contribution in [3.8, 4) is 28.5 Å². The molecule has 13 heteroatoms. The molecule has 3 aromatic carbocycles. The average molecular weight is 497 g/mol. The van der Waals surface area contributed by atoms with E-state index in [-0.39, 0.29) is 28.5 Å². The number of carbonyl (C=O) groups excluding carboxylic acids is 1. The van der Waals surface area contributed by atoms with Crippen LogP contribution in [-0.2, 0) is 0 Å². The molecule has 0 spiro atoms. The molecule has 2 N–H and O–H groups in total. The summed E-state index contributed by atoms with van der Waals surface area (Å²) in [5, 5.41) is 33.8. The molecule has 0 aliphatic heterocycles. The monoisotopic (exact) mass is 497 g/mol. The standard InChI is InChI=1S/C24H15N7O6/c32-22(15-9-5-2-6-10-15)19-20(23-25-24(33)27-26-23)28-29(21(19)14-7-3-1-4-8-14)17-12-11-16(30(34)35)13-18(17)31(36)37/h1-13H,(H2,25,26,27,33). The number of nitrogens with one attached hydrogen (secondary N) is 2. The fourth-order valence-corrected chi connectivity index (χ4v) is 3.90. The molecule has 0 saturated heterocycles. The average Bonchev–Trinajstić information content (AvgIpc) is 3.52. The number of nitro groups is 2. The molecule has 13 nitrogen and oxygen atoms in total. The highest BCUT2D eigenvalue weighted by molar-refractivity contribution is 6.15. The topological polar surface area (TPSA) is 183 Å². The second-order valence-electron chi connectivity index (χ2n) is 7.76. The largest absolute Gasteiger partial charge is 0.340 e. The van der Waals surface area contributed by atoms with Gasteiger partial charge >= 0.3 is 11.4 Å². The summed E-state index contributed by atoms with van der Waals surface area (Å²) >= 11 is 0. The molecule has 182 valence electrons. The zero-order valence-corrected chi connectivity index (χ0v) is 18.7. The minimum atomic E-state index is -0.770. The van der Waals surface area contributed by atoms with Crippen LogP contribution in [0.1, 0.15) is 15.9 Å². The third kappa shape index (κ3) is 4.16. The maximum Gasteiger partial charge on any atom is 0.340 e. The summed E-state index contributed by atoms with van der Waals surface area (Å²) in [4.78, 5) is 49.9. The Morgan fingerprint density at radius 1 is 0.892 bits per heavy atom. The van der Waals surface area contributed by atoms with Gasteiger partial charge < -0.3 is 0 Å². The molecule has 0 atom stereocenters. The molecule has 0 bridgehead atoms. The van der Waals surface area contributed by atoms with E-state index in [1.807, 2.05) is 0 Å². The first-order chi connectivity index (χ1) is 17.8. The number of carbonyl (C=O) groups is 1. The number of nitro benzene ring substituents is 2. The Kier molecular flexibility index (Phi) is 5.69. The summed E-state index contributed by atoms with van der Waals surface area (Å²) in [6, 6.07) is 19.9. The zero-order chi connectivity index (χ0) is 26.1. The summed E-state index contributed by atoms with van der Waals surface area (Å²) in [7, 11) is 0. The number of non-ortho nitro benzene ring substituents is 1. The molecule has 0 saturated carbocycles. The van der Waals surface area contributed by atoms with Gasteiger partial charge in [-0.25, -0.2) is 14.6 Å². The van der Waals surface area contributed by atoms with Crippen LogP contribution in [0.15, 0.2) is 83.7 Å². The SMILES string of the molecule is O=C(c1ccccc1)c1c(-c2n[nH]c(=O)[nH]2)nn(-c2ccc([N+](=O)[O-])cc2[N+](=O)[O-])c1-c1ccccc1. The first-order valence-corrected chi connectivity index (χ1v) is 10.7. The van der Waals surface area contributed by atoms with Gasteiger partial charge in [0.05, 0.1) is 27.2 Å². The van der Waals surface area contributed by atoms with Crippen LogP contribution in [0.2, 0.25) is 0 Å². The van der Waals surface area contributed by atoms with E-state index in [0.29, 0.717) is 11.1 Å². The minimum absolute atomic E-state index is 0.0211. The summed E-state index contributed by atoms with van der Waals surface area (Å²) in [5.41, 5.74) is -0.929. The minimum Gasteiger partial charge on any atom is -0.288 e. The molecule has 2 heterocycles. The predicted molar refractivity (Wildman–Crippen MR) is 130 cm³/mol. The molecule has 2 aromatic heterocycles. The van der Waals surface area contributed by atoms with E-state index < -0.39 is 32.7 Å². The lowest BCUT2D eigenvalue weighted by Crippen LogP contribution is -2.07. The summed E-state index contributed by atoms with van der Waals surface area (Å²) < 4.78 is 1.16. The van der Waals surface area contributed by atoms with Crippen molar-refractivity contribution in [2.45, 2.75) is 0 Å². The van der Waals surface area contributed by atoms with Gasteiger partial charge in [0, 0.05) is 17.2 Å². The summed E-state index contributed by atoms with van der Waals surface area (Å²) in [5.74, 6) is -0.543. The van der Waals surface area contributed by atoms with Crippen molar-refractivity contribution < 1.29 is 14.6 Å². The number of benzene rings is 3. The van der Waals surface area contributed by atoms with E-state index in [2.05, 4.69) is 20.3 Å². The highest BCUT2D eigenvalue weighted by Crippen LogP contribution is 2.37. The maximum atomic E-state index is 13.8. The second-order valence-corrected chi connectivity index (χ2v) is 7.76. The van der Waals surface area contributed by atoms with Gasteiger partial charge in [0.1, 0.15) is 11.4 Å². The number of aromatic nitrogens is 5. The van der Waals surface area contributed by atoms with E-state index in [0.717, 1.165) is 16.8 Å². The second kappa shape index (κ2) is 9.14. The van der Waals surface area contributed by atoms with Crippen molar-refractivity contribution in [1.29, 1.82) is 0 Å². The number of aromatic amines is 2. The maximum absolute atomic E-state index is 13.8. The third-order valence-electron chi connectivity index (χ3n) is 5.52. The first kappa shape index (κ1) is 23.0. The third-order valence-corrected chi connectivity index (χ3v) is 5.52. The van der Waals surface area contributed by atoms with Crippen LogP contribution in [0.5, 0.6) is 0 Å². The van der Waals surface area contributed by atoms with E-state index >= 15 is 0 Å². The van der Waals surface area contributed by atoms with E-state index in [9.17, 15) is 29.8 Å². The number of H-pyrrole nitrogens is 2. The van der Waals surface area contributed by atoms with Crippen LogP contribution >= 0.6 is 0 Å². The van der Waals surface area contributed by atoms with Gasteiger partial charge in [0.2, 0.25) is 0 Å². The van der Waals surface area contributed by atoms with Gasteiger partial charge in [-0.3, -0.25) is 30.0 Å². The zero-order valence-electron chi connectivity index (χ0n) is 18.7. The molecule has 0 aliphatic carbocycles. The van der Waals surface area contributed by atoms with Gasteiger partial charge in [0.15, 0.2) is 11.6 Å². The van der Waals surface area contributed by atoms with Crippen molar-refractivity contribution >= 4 is 17.2 Å². The van der Waals surface area contributed by atoms with Crippen molar-refractivity contribution in [2.75, 3.05) is 0 Å². The number of hydrogen-bond acceptors (Lipinski definition) is 8. The van der Waals surface area contributed by atoms with E-state index in [1.165, 1.54) is 6.07 Å². The highest BCUT2D eigenvalue weighted by atomic mass is 16.6. The first-order valence-electron chi connectivity index (χ1n) is 10.7. The molecule has 0 radical (unpaired) electrons. The molecule has 5 rings (SSSR count). The molecular formula is C24H15N7O6. The van der Waals surface area contributed by atoms with Gasteiger partial charge in [-0.1, -0.05) is 60.7 Å². The summed E-state index contributed by atoms with van der Waals surface area (Å²) in [6.45, 7) is 0. The van der Waals surface area contributed by atoms with E-state index in [1.54, 1.807) is 60.7 Å². The Morgan fingerprint density at radius 3 is 2.16 bits per heavy atom. The van der Waals surface area contributed by atoms with Crippen LogP contribution in [0.3, 0.4) is 0 Å². The van der Waals surface area contributed by atoms with Crippen LogP contribution in [0, 0.1) is 20.2 Å². The van der Waals surface area contributed by atoms with Crippen molar-refractivity contribution in [1.82, 2.24) is 25.0 Å². The van der Waals surface area contributed by atoms with Gasteiger partial charge in [0.25, 0.3) is 5.69 Å². The van der Waals surface area contributed by atoms with Crippen LogP contribution < -0.4 is 5.69 Å². The summed E-state index contributed by atoms with van der Waals surface area (Å²) in [6.07, 6.45) is 0. The van der Waals surface area contributed by atoms with Gasteiger partial charge in [-0.05, 0) is 6.07 Å². The Labute approximate surface area is 206 Å². The van der Waals surface area contributed by atoms with Gasteiger partial charge in [-0.2, -0.15) is 10.2 Å². The molecule has 0 fully saturated rings. The van der Waals surface area contributed by atoms with Crippen LogP contribution in [0.4, 0.5) is 11.4 Å². The Bertz CT molecular complexity index is 1720. The molecular weight excluding hydrogens is 482 g/mol. The Hall–Kier alpha value is -5.72. The normalized spacial score (nSPS) is 10.8. The lowest BCUT2D eigenvalue weighted by atomic mass is 9.97. The molecule has 37 heavy (non-hydrogen) atoms. The highest BCUT2D eigenvalue weighted by Gasteiger charge is 2.32. The number of hydrogen-bond donors (Lipinski definition) is 2. The Balaban J connectivity index is 1.90. The van der Waals surface area contributed by atoms with Gasteiger partial charge in [-0.15, -0.1) is 0 Å². The quantitative estimate of drug-likeness (QED) is 0.194. The molecule has 0 unspecified atom stereocenters. The van der Waals surface area contributed by atoms with Crippen molar-refractivity contribution in [2.24, 2.45) is 0 Å². The Morgan fingerprint density at radius 2 is 1.57 bits per heavy atom. The molecule has 5 aromatic rings.